The summed E-state index contributed by atoms with van der Waals surface area (Å²) in [5.74, 6) is 0. The van der Waals surface area contributed by atoms with E-state index in [-0.39, 0.29) is 11.4 Å². The topological polar surface area (TPSA) is 110 Å². The van der Waals surface area contributed by atoms with E-state index < -0.39 is 16.0 Å². The van der Waals surface area contributed by atoms with Gasteiger partial charge >= 0.3 is 0 Å². The first kappa shape index (κ1) is 13.4. The molecule has 0 bridgehead atoms. The Hall–Kier alpha value is -2.06. The monoisotopic (exact) mass is 267 g/mol. The molecule has 1 aliphatic rings. The summed E-state index contributed by atoms with van der Waals surface area (Å²) in [6.45, 7) is 1.44. The van der Waals surface area contributed by atoms with Gasteiger partial charge in [0.25, 0.3) is 11.4 Å². The van der Waals surface area contributed by atoms with Gasteiger partial charge in [-0.15, -0.1) is 0 Å². The van der Waals surface area contributed by atoms with E-state index in [2.05, 4.69) is 0 Å². The quantitative estimate of drug-likeness (QED) is 0.645. The Kier molecular flexibility index (Phi) is 3.72. The third-order valence-electron chi connectivity index (χ3n) is 3.12. The fraction of sp³-hybridized carbons (Fsp3) is 0.455. The van der Waals surface area contributed by atoms with Crippen molar-refractivity contribution in [1.29, 1.82) is 0 Å². The molecule has 0 spiro atoms. The van der Waals surface area contributed by atoms with Crippen LogP contribution in [0.15, 0.2) is 18.2 Å². The van der Waals surface area contributed by atoms with Crippen molar-refractivity contribution in [3.8, 4) is 0 Å². The summed E-state index contributed by atoms with van der Waals surface area (Å²) in [7, 11) is 0. The average Bonchev–Trinajstić information content (AvgIpc) is 2.74. The number of non-ortho nitro benzene ring substituents is 1. The first-order chi connectivity index (χ1) is 8.97. The molecule has 102 valence electrons. The van der Waals surface area contributed by atoms with Crippen LogP contribution in [0.5, 0.6) is 0 Å². The molecule has 0 aliphatic carbocycles. The highest BCUT2D eigenvalue weighted by Crippen LogP contribution is 2.26. The molecule has 0 unspecified atom stereocenters. The van der Waals surface area contributed by atoms with Crippen LogP contribution in [0.2, 0.25) is 0 Å². The van der Waals surface area contributed by atoms with Gasteiger partial charge in [-0.05, 0) is 12.5 Å². The minimum atomic E-state index is -0.656. The van der Waals surface area contributed by atoms with Crippen molar-refractivity contribution >= 4 is 11.4 Å². The van der Waals surface area contributed by atoms with Crippen LogP contribution < -0.4 is 0 Å². The minimum Gasteiger partial charge on any atom is -0.392 e. The number of nitro groups is 2. The van der Waals surface area contributed by atoms with Gasteiger partial charge in [-0.2, -0.15) is 0 Å². The van der Waals surface area contributed by atoms with Crippen molar-refractivity contribution in [2.45, 2.75) is 19.1 Å². The lowest BCUT2D eigenvalue weighted by Gasteiger charge is -2.14. The molecule has 8 heteroatoms. The highest BCUT2D eigenvalue weighted by atomic mass is 16.6. The minimum absolute atomic E-state index is 0.254. The fourth-order valence-electron chi connectivity index (χ4n) is 2.17. The Labute approximate surface area is 108 Å². The number of hydrogen-bond acceptors (Lipinski definition) is 6. The molecule has 0 aromatic heterocycles. The van der Waals surface area contributed by atoms with Crippen molar-refractivity contribution in [2.24, 2.45) is 0 Å². The maximum atomic E-state index is 10.9. The molecule has 0 amide bonds. The summed E-state index contributed by atoms with van der Waals surface area (Å²) in [5, 5.41) is 31.0. The van der Waals surface area contributed by atoms with Gasteiger partial charge < -0.3 is 5.11 Å². The summed E-state index contributed by atoms with van der Waals surface area (Å²) in [6, 6.07) is 3.64. The molecule has 8 nitrogen and oxygen atoms in total. The summed E-state index contributed by atoms with van der Waals surface area (Å²) in [5.41, 5.74) is -0.128. The van der Waals surface area contributed by atoms with E-state index in [1.165, 1.54) is 12.1 Å². The summed E-state index contributed by atoms with van der Waals surface area (Å²) in [6.07, 6.45) is 0.234. The lowest BCUT2D eigenvalue weighted by atomic mass is 10.1. The Morgan fingerprint density at radius 2 is 2.05 bits per heavy atom. The Morgan fingerprint density at radius 3 is 2.58 bits per heavy atom. The van der Waals surface area contributed by atoms with Gasteiger partial charge in [0.1, 0.15) is 0 Å². The van der Waals surface area contributed by atoms with E-state index in [0.717, 1.165) is 6.07 Å². The second kappa shape index (κ2) is 5.29. The van der Waals surface area contributed by atoms with Gasteiger partial charge in [0, 0.05) is 31.3 Å². The number of aliphatic hydroxyl groups excluding tert-OH is 1. The molecule has 1 N–H and O–H groups in total. The van der Waals surface area contributed by atoms with Crippen LogP contribution in [0.4, 0.5) is 11.4 Å². The van der Waals surface area contributed by atoms with Gasteiger partial charge in [-0.25, -0.2) is 0 Å². The van der Waals surface area contributed by atoms with E-state index in [9.17, 15) is 25.3 Å². The number of benzene rings is 1. The first-order valence-electron chi connectivity index (χ1n) is 5.79. The van der Waals surface area contributed by atoms with Crippen molar-refractivity contribution in [3.05, 3.63) is 44.0 Å². The predicted molar refractivity (Wildman–Crippen MR) is 65.7 cm³/mol. The second-order valence-electron chi connectivity index (χ2n) is 4.50. The second-order valence-corrected chi connectivity index (χ2v) is 4.50. The molecule has 0 saturated carbocycles. The molecule has 1 saturated heterocycles. The van der Waals surface area contributed by atoms with E-state index in [4.69, 9.17) is 0 Å². The SMILES string of the molecule is O=[N+]([O-])c1ccc(CN2CC[C@@H](O)C2)c([N+](=O)[O-])c1. The lowest BCUT2D eigenvalue weighted by Crippen LogP contribution is -2.22. The van der Waals surface area contributed by atoms with Crippen molar-refractivity contribution in [2.75, 3.05) is 13.1 Å². The maximum Gasteiger partial charge on any atom is 0.280 e. The normalized spacial score (nSPS) is 19.5. The van der Waals surface area contributed by atoms with E-state index in [0.29, 0.717) is 31.6 Å². The van der Waals surface area contributed by atoms with Crippen LogP contribution in [0.3, 0.4) is 0 Å². The standard InChI is InChI=1S/C11H13N3O5/c15-10-3-4-12(7-10)6-8-1-2-9(13(16)17)5-11(8)14(18)19/h1-2,5,10,15H,3-4,6-7H2/t10-/m1/s1. The Bertz CT molecular complexity index is 519. The third kappa shape index (κ3) is 3.04. The zero-order chi connectivity index (χ0) is 14.0. The molecular weight excluding hydrogens is 254 g/mol. The predicted octanol–water partition coefficient (Wildman–Crippen LogP) is 1.07. The highest BCUT2D eigenvalue weighted by Gasteiger charge is 2.25. The van der Waals surface area contributed by atoms with Gasteiger partial charge in [0.15, 0.2) is 0 Å². The average molecular weight is 267 g/mol. The zero-order valence-corrected chi connectivity index (χ0v) is 10.1. The summed E-state index contributed by atoms with van der Waals surface area (Å²) in [4.78, 5) is 22.2. The molecule has 1 fully saturated rings. The summed E-state index contributed by atoms with van der Waals surface area (Å²) < 4.78 is 0. The fourth-order valence-corrected chi connectivity index (χ4v) is 2.17. The Balaban J connectivity index is 2.24. The number of nitro benzene ring substituents is 2. The van der Waals surface area contributed by atoms with Crippen molar-refractivity contribution in [3.63, 3.8) is 0 Å². The van der Waals surface area contributed by atoms with Crippen LogP contribution in [0.1, 0.15) is 12.0 Å². The van der Waals surface area contributed by atoms with E-state index in [1.807, 2.05) is 4.90 Å². The number of aliphatic hydroxyl groups is 1. The van der Waals surface area contributed by atoms with Crippen LogP contribution in [0.25, 0.3) is 0 Å². The number of nitrogens with zero attached hydrogens (tertiary/aromatic N) is 3. The van der Waals surface area contributed by atoms with Gasteiger partial charge in [0.2, 0.25) is 0 Å². The Morgan fingerprint density at radius 1 is 1.32 bits per heavy atom. The first-order valence-corrected chi connectivity index (χ1v) is 5.79. The largest absolute Gasteiger partial charge is 0.392 e. The molecule has 1 heterocycles. The number of likely N-dealkylation sites (tertiary alicyclic amines) is 1. The highest BCUT2D eigenvalue weighted by molar-refractivity contribution is 5.49. The third-order valence-corrected chi connectivity index (χ3v) is 3.12. The van der Waals surface area contributed by atoms with Crippen LogP contribution in [0, 0.1) is 20.2 Å². The van der Waals surface area contributed by atoms with Crippen LogP contribution in [-0.2, 0) is 6.54 Å². The molecule has 1 aliphatic heterocycles. The lowest BCUT2D eigenvalue weighted by molar-refractivity contribution is -0.394. The van der Waals surface area contributed by atoms with Gasteiger partial charge in [-0.3, -0.25) is 25.1 Å². The summed E-state index contributed by atoms with van der Waals surface area (Å²) >= 11 is 0. The van der Waals surface area contributed by atoms with E-state index >= 15 is 0 Å². The molecular formula is C11H13N3O5. The molecule has 19 heavy (non-hydrogen) atoms. The number of hydrogen-bond donors (Lipinski definition) is 1. The zero-order valence-electron chi connectivity index (χ0n) is 10.1. The molecule has 1 aromatic rings. The van der Waals surface area contributed by atoms with Crippen molar-refractivity contribution in [1.82, 2.24) is 4.90 Å². The van der Waals surface area contributed by atoms with Gasteiger partial charge in [-0.1, -0.05) is 0 Å². The molecule has 0 radical (unpaired) electrons. The number of rotatable bonds is 4. The smallest absolute Gasteiger partial charge is 0.280 e. The van der Waals surface area contributed by atoms with Crippen molar-refractivity contribution < 1.29 is 15.0 Å². The van der Waals surface area contributed by atoms with Crippen LogP contribution in [-0.4, -0.2) is 39.0 Å². The van der Waals surface area contributed by atoms with E-state index in [1.54, 1.807) is 0 Å². The van der Waals surface area contributed by atoms with Crippen LogP contribution >= 0.6 is 0 Å². The molecule has 1 aromatic carbocycles. The van der Waals surface area contributed by atoms with Gasteiger partial charge in [0.05, 0.1) is 22.0 Å². The molecule has 2 rings (SSSR count). The number of β-amino-alcohol motifs (C(OH)–C–C–N with tert-alkyl or cyclic N) is 1. The maximum absolute atomic E-state index is 10.9. The molecule has 1 atom stereocenters.